The van der Waals surface area contributed by atoms with Gasteiger partial charge in [0.2, 0.25) is 0 Å². The van der Waals surface area contributed by atoms with Gasteiger partial charge in [-0.05, 0) is 0 Å². The summed E-state index contributed by atoms with van der Waals surface area (Å²) in [7, 11) is 0. The lowest BCUT2D eigenvalue weighted by Crippen LogP contribution is -2.15. The van der Waals surface area contributed by atoms with Crippen molar-refractivity contribution in [2.75, 3.05) is 6.61 Å². The Morgan fingerprint density at radius 2 is 2.46 bits per heavy atom. The molecular weight excluding hydrogens is 168 g/mol. The zero-order valence-electron chi connectivity index (χ0n) is 6.96. The second-order valence-corrected chi connectivity index (χ2v) is 2.81. The molecule has 0 saturated heterocycles. The van der Waals surface area contributed by atoms with E-state index in [4.69, 9.17) is 10.8 Å². The van der Waals surface area contributed by atoms with Gasteiger partial charge in [-0.25, -0.2) is 9.50 Å². The van der Waals surface area contributed by atoms with Crippen LogP contribution in [-0.4, -0.2) is 26.3 Å². The number of fused-ring (bicyclic) bond motifs is 1. The topological polar surface area (TPSA) is 76.4 Å². The maximum Gasteiger partial charge on any atom is 0.154 e. The van der Waals surface area contributed by atoms with E-state index in [1.54, 1.807) is 29.2 Å². The molecule has 0 aliphatic heterocycles. The van der Waals surface area contributed by atoms with Gasteiger partial charge in [-0.1, -0.05) is 0 Å². The van der Waals surface area contributed by atoms with Gasteiger partial charge < -0.3 is 10.8 Å². The zero-order chi connectivity index (χ0) is 9.26. The Bertz CT molecular complexity index is 411. The van der Waals surface area contributed by atoms with Gasteiger partial charge in [0.25, 0.3) is 0 Å². The highest BCUT2D eigenvalue weighted by Crippen LogP contribution is 2.08. The van der Waals surface area contributed by atoms with Crippen molar-refractivity contribution in [3.63, 3.8) is 0 Å². The van der Waals surface area contributed by atoms with Crippen LogP contribution in [0, 0.1) is 0 Å². The van der Waals surface area contributed by atoms with E-state index in [1.165, 1.54) is 0 Å². The summed E-state index contributed by atoms with van der Waals surface area (Å²) in [5.74, 6) is 0. The summed E-state index contributed by atoms with van der Waals surface area (Å²) < 4.78 is 1.63. The van der Waals surface area contributed by atoms with Gasteiger partial charge in [0.05, 0.1) is 18.8 Å². The molecule has 0 aromatic carbocycles. The Morgan fingerprint density at radius 3 is 3.23 bits per heavy atom. The predicted molar refractivity (Wildman–Crippen MR) is 47.0 cm³/mol. The minimum absolute atomic E-state index is 0.0888. The van der Waals surface area contributed by atoms with E-state index in [1.807, 2.05) is 0 Å². The van der Waals surface area contributed by atoms with Crippen LogP contribution in [0.3, 0.4) is 0 Å². The molecule has 0 aliphatic carbocycles. The lowest BCUT2D eigenvalue weighted by atomic mass is 10.2. The molecule has 5 nitrogen and oxygen atoms in total. The van der Waals surface area contributed by atoms with Crippen LogP contribution in [0.1, 0.15) is 11.6 Å². The fourth-order valence-corrected chi connectivity index (χ4v) is 1.12. The SMILES string of the molecule is N[C@H](CO)c1cnc2ccnn2c1. The van der Waals surface area contributed by atoms with Crippen molar-refractivity contribution >= 4 is 5.65 Å². The second-order valence-electron chi connectivity index (χ2n) is 2.81. The van der Waals surface area contributed by atoms with Gasteiger partial charge in [0.1, 0.15) is 0 Å². The maximum atomic E-state index is 8.83. The summed E-state index contributed by atoms with van der Waals surface area (Å²) in [6.07, 6.45) is 5.08. The molecule has 0 unspecified atom stereocenters. The van der Waals surface area contributed by atoms with E-state index < -0.39 is 0 Å². The van der Waals surface area contributed by atoms with Crippen LogP contribution in [0.5, 0.6) is 0 Å². The van der Waals surface area contributed by atoms with E-state index in [0.29, 0.717) is 0 Å². The molecule has 0 radical (unpaired) electrons. The van der Waals surface area contributed by atoms with Gasteiger partial charge in [-0.2, -0.15) is 5.10 Å². The molecule has 13 heavy (non-hydrogen) atoms. The van der Waals surface area contributed by atoms with Crippen molar-refractivity contribution in [1.82, 2.24) is 14.6 Å². The van der Waals surface area contributed by atoms with Gasteiger partial charge >= 0.3 is 0 Å². The average molecular weight is 178 g/mol. The van der Waals surface area contributed by atoms with Crippen molar-refractivity contribution in [3.8, 4) is 0 Å². The van der Waals surface area contributed by atoms with E-state index in [-0.39, 0.29) is 12.6 Å². The average Bonchev–Trinajstić information content (AvgIpc) is 2.63. The number of hydrogen-bond acceptors (Lipinski definition) is 4. The molecular formula is C8H10N4O. The van der Waals surface area contributed by atoms with Crippen molar-refractivity contribution in [2.24, 2.45) is 5.73 Å². The molecule has 2 rings (SSSR count). The molecule has 1 atom stereocenters. The molecule has 0 saturated carbocycles. The van der Waals surface area contributed by atoms with E-state index >= 15 is 0 Å². The highest BCUT2D eigenvalue weighted by Gasteiger charge is 2.05. The third kappa shape index (κ3) is 1.39. The Kier molecular flexibility index (Phi) is 1.96. The molecule has 0 spiro atoms. The number of aromatic nitrogens is 3. The van der Waals surface area contributed by atoms with E-state index in [9.17, 15) is 0 Å². The zero-order valence-corrected chi connectivity index (χ0v) is 6.96. The molecule has 2 heterocycles. The van der Waals surface area contributed by atoms with Crippen molar-refractivity contribution in [2.45, 2.75) is 6.04 Å². The molecule has 2 aromatic heterocycles. The maximum absolute atomic E-state index is 8.83. The number of rotatable bonds is 2. The molecule has 0 fully saturated rings. The third-order valence-corrected chi connectivity index (χ3v) is 1.89. The molecule has 2 aromatic rings. The number of aliphatic hydroxyl groups excluding tert-OH is 1. The quantitative estimate of drug-likeness (QED) is 0.663. The highest BCUT2D eigenvalue weighted by molar-refractivity contribution is 5.36. The van der Waals surface area contributed by atoms with Crippen molar-refractivity contribution in [3.05, 3.63) is 30.2 Å². The fraction of sp³-hybridized carbons (Fsp3) is 0.250. The summed E-state index contributed by atoms with van der Waals surface area (Å²) in [4.78, 5) is 4.12. The Balaban J connectivity index is 2.48. The Morgan fingerprint density at radius 1 is 1.62 bits per heavy atom. The summed E-state index contributed by atoms with van der Waals surface area (Å²) in [5, 5.41) is 12.8. The van der Waals surface area contributed by atoms with Crippen LogP contribution in [0.25, 0.3) is 5.65 Å². The van der Waals surface area contributed by atoms with Crippen LogP contribution in [0.15, 0.2) is 24.7 Å². The number of nitrogens with zero attached hydrogens (tertiary/aromatic N) is 3. The lowest BCUT2D eigenvalue weighted by molar-refractivity contribution is 0.267. The normalized spacial score (nSPS) is 13.4. The monoisotopic (exact) mass is 178 g/mol. The summed E-state index contributed by atoms with van der Waals surface area (Å²) in [5.41, 5.74) is 7.17. The van der Waals surface area contributed by atoms with E-state index in [2.05, 4.69) is 10.1 Å². The summed E-state index contributed by atoms with van der Waals surface area (Å²) in [6, 6.07) is 1.41. The van der Waals surface area contributed by atoms with Crippen LogP contribution in [-0.2, 0) is 0 Å². The minimum atomic E-state index is -0.388. The standard InChI is InChI=1S/C8H10N4O/c9-7(5-13)6-3-10-8-1-2-11-12(8)4-6/h1-4,7,13H,5,9H2/t7-/m1/s1. The van der Waals surface area contributed by atoms with Crippen LogP contribution in [0.2, 0.25) is 0 Å². The van der Waals surface area contributed by atoms with E-state index in [0.717, 1.165) is 11.2 Å². The summed E-state index contributed by atoms with van der Waals surface area (Å²) >= 11 is 0. The molecule has 5 heteroatoms. The second kappa shape index (κ2) is 3.12. The first-order valence-electron chi connectivity index (χ1n) is 3.97. The van der Waals surface area contributed by atoms with Gasteiger partial charge in [0.15, 0.2) is 5.65 Å². The Labute approximate surface area is 74.8 Å². The summed E-state index contributed by atoms with van der Waals surface area (Å²) in [6.45, 7) is -0.0888. The van der Waals surface area contributed by atoms with Crippen LogP contribution < -0.4 is 5.73 Å². The fourth-order valence-electron chi connectivity index (χ4n) is 1.12. The van der Waals surface area contributed by atoms with Crippen LogP contribution >= 0.6 is 0 Å². The minimum Gasteiger partial charge on any atom is -0.394 e. The smallest absolute Gasteiger partial charge is 0.154 e. The highest BCUT2D eigenvalue weighted by atomic mass is 16.3. The first-order chi connectivity index (χ1) is 6.31. The first-order valence-corrected chi connectivity index (χ1v) is 3.97. The van der Waals surface area contributed by atoms with Gasteiger partial charge in [-0.15, -0.1) is 0 Å². The van der Waals surface area contributed by atoms with Crippen molar-refractivity contribution < 1.29 is 5.11 Å². The molecule has 0 aliphatic rings. The molecule has 68 valence electrons. The predicted octanol–water partition coefficient (Wildman–Crippen LogP) is -0.279. The largest absolute Gasteiger partial charge is 0.394 e. The molecule has 0 amide bonds. The first kappa shape index (κ1) is 8.15. The van der Waals surface area contributed by atoms with Crippen molar-refractivity contribution in [1.29, 1.82) is 0 Å². The number of nitrogens with two attached hydrogens (primary N) is 1. The lowest BCUT2D eigenvalue weighted by Gasteiger charge is -2.07. The number of hydrogen-bond donors (Lipinski definition) is 2. The third-order valence-electron chi connectivity index (χ3n) is 1.89. The van der Waals surface area contributed by atoms with Crippen LogP contribution in [0.4, 0.5) is 0 Å². The number of aliphatic hydroxyl groups is 1. The molecule has 3 N–H and O–H groups in total. The van der Waals surface area contributed by atoms with Gasteiger partial charge in [-0.3, -0.25) is 0 Å². The van der Waals surface area contributed by atoms with Gasteiger partial charge in [0, 0.05) is 24.0 Å². The molecule has 0 bridgehead atoms. The Hall–Kier alpha value is -1.46.